The summed E-state index contributed by atoms with van der Waals surface area (Å²) < 4.78 is 15.0. The summed E-state index contributed by atoms with van der Waals surface area (Å²) in [5.41, 5.74) is 8.53. The zero-order valence-corrected chi connectivity index (χ0v) is 16.7. The smallest absolute Gasteiger partial charge is 0.291 e. The van der Waals surface area contributed by atoms with Gasteiger partial charge in [-0.3, -0.25) is 9.20 Å². The van der Waals surface area contributed by atoms with Gasteiger partial charge < -0.3 is 5.73 Å². The van der Waals surface area contributed by atoms with Crippen LogP contribution in [-0.2, 0) is 0 Å². The van der Waals surface area contributed by atoms with Crippen molar-refractivity contribution in [1.29, 1.82) is 0 Å². The molecule has 0 aliphatic carbocycles. The Labute approximate surface area is 182 Å². The van der Waals surface area contributed by atoms with Crippen LogP contribution in [0, 0.1) is 17.7 Å². The fourth-order valence-corrected chi connectivity index (χ4v) is 3.46. The number of hydrogen-bond acceptors (Lipinski definition) is 6. The van der Waals surface area contributed by atoms with E-state index in [4.69, 9.17) is 5.73 Å². The number of halogens is 1. The standard InChI is InChI=1S/C23H16FN7O/c24-18-5-3-17(4-6-18)19-9-10-29-31(19)22(32)20-7-8-21-26-13-16(14-30(20)21)2-1-15-11-27-23(25)28-12-15/h3-8,10-14,19H,9H2,(H2,25,27,28). The van der Waals surface area contributed by atoms with E-state index in [1.165, 1.54) is 29.5 Å². The molecule has 1 unspecified atom stereocenters. The van der Waals surface area contributed by atoms with E-state index in [-0.39, 0.29) is 23.7 Å². The summed E-state index contributed by atoms with van der Waals surface area (Å²) in [5, 5.41) is 5.68. The number of rotatable bonds is 2. The predicted molar refractivity (Wildman–Crippen MR) is 116 cm³/mol. The van der Waals surface area contributed by atoms with Crippen LogP contribution in [0.5, 0.6) is 0 Å². The van der Waals surface area contributed by atoms with E-state index in [9.17, 15) is 9.18 Å². The van der Waals surface area contributed by atoms with Crippen LogP contribution in [0.15, 0.2) is 66.3 Å². The number of amides is 1. The summed E-state index contributed by atoms with van der Waals surface area (Å²) in [6.45, 7) is 0. The molecule has 1 aromatic carbocycles. The Kier molecular flexibility index (Phi) is 4.80. The normalized spacial score (nSPS) is 15.0. The minimum Gasteiger partial charge on any atom is -0.368 e. The number of benzene rings is 1. The number of anilines is 1. The van der Waals surface area contributed by atoms with Crippen LogP contribution in [0.4, 0.5) is 10.3 Å². The Balaban J connectivity index is 1.45. The first-order valence-corrected chi connectivity index (χ1v) is 9.76. The van der Waals surface area contributed by atoms with Crippen molar-refractivity contribution >= 4 is 23.7 Å². The second-order valence-corrected chi connectivity index (χ2v) is 7.12. The van der Waals surface area contributed by atoms with E-state index in [0.717, 1.165) is 5.56 Å². The average Bonchev–Trinajstić information content (AvgIpc) is 3.46. The van der Waals surface area contributed by atoms with E-state index < -0.39 is 0 Å². The van der Waals surface area contributed by atoms with Gasteiger partial charge in [-0.2, -0.15) is 5.10 Å². The van der Waals surface area contributed by atoms with Gasteiger partial charge >= 0.3 is 0 Å². The van der Waals surface area contributed by atoms with Crippen LogP contribution < -0.4 is 5.73 Å². The molecule has 0 saturated heterocycles. The lowest BCUT2D eigenvalue weighted by Crippen LogP contribution is -2.28. The van der Waals surface area contributed by atoms with Gasteiger partial charge in [-0.15, -0.1) is 0 Å². The van der Waals surface area contributed by atoms with Crippen LogP contribution in [0.25, 0.3) is 5.65 Å². The van der Waals surface area contributed by atoms with E-state index in [1.807, 2.05) is 0 Å². The van der Waals surface area contributed by atoms with E-state index in [2.05, 4.69) is 31.9 Å². The summed E-state index contributed by atoms with van der Waals surface area (Å²) >= 11 is 0. The van der Waals surface area contributed by atoms with Gasteiger partial charge in [0.05, 0.1) is 17.2 Å². The molecule has 0 radical (unpaired) electrons. The number of fused-ring (bicyclic) bond motifs is 1. The zero-order valence-electron chi connectivity index (χ0n) is 16.7. The first-order chi connectivity index (χ1) is 15.6. The predicted octanol–water partition coefficient (Wildman–Crippen LogP) is 2.82. The monoisotopic (exact) mass is 425 g/mol. The minimum absolute atomic E-state index is 0.178. The van der Waals surface area contributed by atoms with Gasteiger partial charge in [0, 0.05) is 37.4 Å². The quantitative estimate of drug-likeness (QED) is 0.498. The Hall–Kier alpha value is -4.58. The SMILES string of the molecule is Nc1ncc(C#Cc2cnc3ccc(C(=O)N4N=CCC4c4ccc(F)cc4)n3c2)cn1. The highest BCUT2D eigenvalue weighted by atomic mass is 19.1. The van der Waals surface area contributed by atoms with Crippen molar-refractivity contribution < 1.29 is 9.18 Å². The minimum atomic E-state index is -0.326. The number of hydrazone groups is 1. The highest BCUT2D eigenvalue weighted by Gasteiger charge is 2.30. The molecule has 1 atom stereocenters. The summed E-state index contributed by atoms with van der Waals surface area (Å²) in [6, 6.07) is 9.25. The fraction of sp³-hybridized carbons (Fsp3) is 0.0870. The topological polar surface area (TPSA) is 102 Å². The van der Waals surface area contributed by atoms with Crippen molar-refractivity contribution in [3.8, 4) is 11.8 Å². The van der Waals surface area contributed by atoms with Gasteiger partial charge in [0.25, 0.3) is 5.91 Å². The number of nitrogens with two attached hydrogens (primary N) is 1. The molecule has 32 heavy (non-hydrogen) atoms. The van der Waals surface area contributed by atoms with Crippen molar-refractivity contribution in [2.75, 3.05) is 5.73 Å². The molecule has 1 amide bonds. The van der Waals surface area contributed by atoms with Crippen LogP contribution in [0.2, 0.25) is 0 Å². The number of carbonyl (C=O) groups is 1. The van der Waals surface area contributed by atoms with Gasteiger partial charge in [-0.25, -0.2) is 24.4 Å². The lowest BCUT2D eigenvalue weighted by molar-refractivity contribution is 0.0704. The third-order valence-electron chi connectivity index (χ3n) is 5.04. The zero-order chi connectivity index (χ0) is 22.1. The molecule has 4 heterocycles. The maximum absolute atomic E-state index is 13.3. The van der Waals surface area contributed by atoms with Gasteiger partial charge in [0.2, 0.25) is 5.95 Å². The molecular formula is C23H16FN7O. The van der Waals surface area contributed by atoms with Gasteiger partial charge in [0.1, 0.15) is 17.2 Å². The third-order valence-corrected chi connectivity index (χ3v) is 5.04. The average molecular weight is 425 g/mol. The molecule has 9 heteroatoms. The Bertz CT molecular complexity index is 1400. The maximum Gasteiger partial charge on any atom is 0.291 e. The molecule has 5 rings (SSSR count). The number of carbonyl (C=O) groups excluding carboxylic acids is 1. The van der Waals surface area contributed by atoms with E-state index >= 15 is 0 Å². The third kappa shape index (κ3) is 3.65. The molecule has 8 nitrogen and oxygen atoms in total. The summed E-state index contributed by atoms with van der Waals surface area (Å²) in [5.74, 6) is 5.51. The van der Waals surface area contributed by atoms with Crippen LogP contribution in [0.3, 0.4) is 0 Å². The second kappa shape index (κ2) is 7.92. The van der Waals surface area contributed by atoms with Gasteiger partial charge in [0.15, 0.2) is 0 Å². The molecule has 0 saturated carbocycles. The number of hydrogen-bond donors (Lipinski definition) is 1. The Morgan fingerprint density at radius 2 is 1.72 bits per heavy atom. The molecule has 0 spiro atoms. The molecule has 4 aromatic rings. The van der Waals surface area contributed by atoms with Crippen LogP contribution in [-0.4, -0.2) is 36.5 Å². The summed E-state index contributed by atoms with van der Waals surface area (Å²) in [4.78, 5) is 25.5. The molecular weight excluding hydrogens is 409 g/mol. The van der Waals surface area contributed by atoms with Gasteiger partial charge in [-0.05, 0) is 29.8 Å². The lowest BCUT2D eigenvalue weighted by Gasteiger charge is -2.22. The number of nitrogen functional groups attached to an aromatic ring is 1. The highest BCUT2D eigenvalue weighted by molar-refractivity contribution is 5.95. The van der Waals surface area contributed by atoms with Crippen molar-refractivity contribution in [2.45, 2.75) is 12.5 Å². The van der Waals surface area contributed by atoms with Crippen molar-refractivity contribution in [3.63, 3.8) is 0 Å². The van der Waals surface area contributed by atoms with Gasteiger partial charge in [-0.1, -0.05) is 24.0 Å². The fourth-order valence-electron chi connectivity index (χ4n) is 3.46. The molecule has 3 aromatic heterocycles. The molecule has 156 valence electrons. The molecule has 1 aliphatic rings. The number of nitrogens with zero attached hydrogens (tertiary/aromatic N) is 6. The van der Waals surface area contributed by atoms with Crippen LogP contribution >= 0.6 is 0 Å². The lowest BCUT2D eigenvalue weighted by atomic mass is 10.0. The molecule has 0 fully saturated rings. The Morgan fingerprint density at radius 1 is 1.00 bits per heavy atom. The Morgan fingerprint density at radius 3 is 2.50 bits per heavy atom. The summed E-state index contributed by atoms with van der Waals surface area (Å²) in [6.07, 6.45) is 8.68. The van der Waals surface area contributed by atoms with Crippen molar-refractivity contribution in [3.05, 3.63) is 89.4 Å². The largest absolute Gasteiger partial charge is 0.368 e. The molecule has 1 aliphatic heterocycles. The molecule has 0 bridgehead atoms. The second-order valence-electron chi connectivity index (χ2n) is 7.12. The summed E-state index contributed by atoms with van der Waals surface area (Å²) in [7, 11) is 0. The first-order valence-electron chi connectivity index (χ1n) is 9.76. The van der Waals surface area contributed by atoms with Crippen molar-refractivity contribution in [2.24, 2.45) is 5.10 Å². The maximum atomic E-state index is 13.3. The first kappa shape index (κ1) is 19.4. The van der Waals surface area contributed by atoms with E-state index in [1.54, 1.807) is 47.3 Å². The van der Waals surface area contributed by atoms with E-state index in [0.29, 0.717) is 28.9 Å². The van der Waals surface area contributed by atoms with Crippen LogP contribution in [0.1, 0.15) is 39.6 Å². The number of aromatic nitrogens is 4. The highest BCUT2D eigenvalue weighted by Crippen LogP contribution is 2.30. The van der Waals surface area contributed by atoms with Crippen molar-refractivity contribution in [1.82, 2.24) is 24.4 Å². The molecule has 2 N–H and O–H groups in total.